The molecule has 0 aliphatic carbocycles. The van der Waals surface area contributed by atoms with Crippen molar-refractivity contribution in [1.29, 1.82) is 0 Å². The number of aromatic nitrogens is 2. The average molecular weight is 387 g/mol. The van der Waals surface area contributed by atoms with Gasteiger partial charge in [-0.25, -0.2) is 0 Å². The molecule has 1 aromatic carbocycles. The number of carbonyl (C=O) groups is 1. The lowest BCUT2D eigenvalue weighted by Gasteiger charge is -2.05. The Morgan fingerprint density at radius 3 is 3.04 bits per heavy atom. The predicted molar refractivity (Wildman–Crippen MR) is 104 cm³/mol. The van der Waals surface area contributed by atoms with Crippen LogP contribution >= 0.6 is 23.1 Å². The number of anilines is 1. The van der Waals surface area contributed by atoms with Crippen molar-refractivity contribution in [2.45, 2.75) is 16.6 Å². The van der Waals surface area contributed by atoms with Crippen molar-refractivity contribution in [3.8, 4) is 0 Å². The Morgan fingerprint density at radius 2 is 2.23 bits per heavy atom. The Labute approximate surface area is 159 Å². The molecule has 26 heavy (non-hydrogen) atoms. The van der Waals surface area contributed by atoms with Crippen molar-refractivity contribution in [3.05, 3.63) is 72.2 Å². The van der Waals surface area contributed by atoms with Gasteiger partial charge in [0.2, 0.25) is 5.13 Å². The maximum Gasteiger partial charge on any atom is 0.251 e. The number of amides is 1. The van der Waals surface area contributed by atoms with Crippen LogP contribution in [-0.4, -0.2) is 22.6 Å². The number of benzene rings is 1. The summed E-state index contributed by atoms with van der Waals surface area (Å²) >= 11 is 3.09. The topological polar surface area (TPSA) is 80.0 Å². The fraction of sp³-hybridized carbons (Fsp3) is 0.167. The van der Waals surface area contributed by atoms with Crippen molar-refractivity contribution in [2.75, 3.05) is 11.9 Å². The monoisotopic (exact) mass is 386 g/mol. The van der Waals surface area contributed by atoms with Gasteiger partial charge in [0.25, 0.3) is 5.91 Å². The largest absolute Gasteiger partial charge is 0.467 e. The van der Waals surface area contributed by atoms with E-state index in [1.165, 1.54) is 11.3 Å². The van der Waals surface area contributed by atoms with E-state index in [2.05, 4.69) is 27.4 Å². The number of furan rings is 1. The van der Waals surface area contributed by atoms with Gasteiger partial charge in [0.1, 0.15) is 5.76 Å². The van der Waals surface area contributed by atoms with Gasteiger partial charge in [-0.2, -0.15) is 0 Å². The van der Waals surface area contributed by atoms with E-state index >= 15 is 0 Å². The van der Waals surface area contributed by atoms with Crippen LogP contribution in [0.4, 0.5) is 5.13 Å². The van der Waals surface area contributed by atoms with Gasteiger partial charge in [-0.05, 0) is 29.8 Å². The SMILES string of the molecule is C=CCNc1nnc(SCc2cccc(C(=O)NCc3ccco3)c2)s1. The van der Waals surface area contributed by atoms with Crippen molar-refractivity contribution in [2.24, 2.45) is 0 Å². The first kappa shape index (κ1) is 18.2. The van der Waals surface area contributed by atoms with Crippen LogP contribution in [0.5, 0.6) is 0 Å². The molecule has 6 nitrogen and oxygen atoms in total. The summed E-state index contributed by atoms with van der Waals surface area (Å²) in [5.74, 6) is 1.32. The van der Waals surface area contributed by atoms with Crippen molar-refractivity contribution in [1.82, 2.24) is 15.5 Å². The number of carbonyl (C=O) groups excluding carboxylic acids is 1. The van der Waals surface area contributed by atoms with Gasteiger partial charge in [-0.3, -0.25) is 4.79 Å². The lowest BCUT2D eigenvalue weighted by Crippen LogP contribution is -2.22. The Balaban J connectivity index is 1.54. The smallest absolute Gasteiger partial charge is 0.251 e. The van der Waals surface area contributed by atoms with Crippen LogP contribution in [-0.2, 0) is 12.3 Å². The number of hydrogen-bond acceptors (Lipinski definition) is 7. The van der Waals surface area contributed by atoms with E-state index in [1.54, 1.807) is 36.2 Å². The number of thioether (sulfide) groups is 1. The molecule has 0 saturated carbocycles. The van der Waals surface area contributed by atoms with E-state index in [4.69, 9.17) is 4.42 Å². The van der Waals surface area contributed by atoms with E-state index in [1.807, 2.05) is 24.3 Å². The first-order chi connectivity index (χ1) is 12.7. The summed E-state index contributed by atoms with van der Waals surface area (Å²) in [5, 5.41) is 15.0. The molecular formula is C18H18N4O2S2. The highest BCUT2D eigenvalue weighted by molar-refractivity contribution is 8.00. The molecule has 0 atom stereocenters. The van der Waals surface area contributed by atoms with E-state index in [9.17, 15) is 4.79 Å². The summed E-state index contributed by atoms with van der Waals surface area (Å²) in [6.07, 6.45) is 3.36. The lowest BCUT2D eigenvalue weighted by molar-refractivity contribution is 0.0948. The van der Waals surface area contributed by atoms with Crippen LogP contribution in [0, 0.1) is 0 Å². The molecule has 0 unspecified atom stereocenters. The summed E-state index contributed by atoms with van der Waals surface area (Å²) in [7, 11) is 0. The van der Waals surface area contributed by atoms with Gasteiger partial charge in [0.15, 0.2) is 4.34 Å². The minimum atomic E-state index is -0.125. The van der Waals surface area contributed by atoms with Crippen molar-refractivity contribution >= 4 is 34.1 Å². The second-order valence-corrected chi connectivity index (χ2v) is 7.49. The summed E-state index contributed by atoms with van der Waals surface area (Å²) in [6.45, 7) is 4.69. The normalized spacial score (nSPS) is 10.5. The molecule has 2 heterocycles. The summed E-state index contributed by atoms with van der Waals surface area (Å²) in [4.78, 5) is 12.3. The minimum Gasteiger partial charge on any atom is -0.467 e. The van der Waals surface area contributed by atoms with Crippen LogP contribution in [0.3, 0.4) is 0 Å². The number of hydrogen-bond donors (Lipinski definition) is 2. The molecule has 0 spiro atoms. The lowest BCUT2D eigenvalue weighted by atomic mass is 10.1. The van der Waals surface area contributed by atoms with Crippen LogP contribution < -0.4 is 10.6 Å². The second kappa shape index (κ2) is 9.21. The predicted octanol–water partition coefficient (Wildman–Crippen LogP) is 3.95. The van der Waals surface area contributed by atoms with Gasteiger partial charge < -0.3 is 15.1 Å². The molecule has 3 rings (SSSR count). The Morgan fingerprint density at radius 1 is 1.31 bits per heavy atom. The van der Waals surface area contributed by atoms with E-state index in [-0.39, 0.29) is 5.91 Å². The van der Waals surface area contributed by atoms with Gasteiger partial charge in [0, 0.05) is 17.9 Å². The van der Waals surface area contributed by atoms with Crippen molar-refractivity contribution < 1.29 is 9.21 Å². The van der Waals surface area contributed by atoms with Crippen molar-refractivity contribution in [3.63, 3.8) is 0 Å². The zero-order valence-electron chi connectivity index (χ0n) is 14.0. The molecule has 8 heteroatoms. The first-order valence-electron chi connectivity index (χ1n) is 7.95. The van der Waals surface area contributed by atoms with Crippen LogP contribution in [0.15, 0.2) is 64.1 Å². The maximum absolute atomic E-state index is 12.3. The molecule has 134 valence electrons. The zero-order valence-corrected chi connectivity index (χ0v) is 15.6. The van der Waals surface area contributed by atoms with E-state index in [0.29, 0.717) is 18.7 Å². The van der Waals surface area contributed by atoms with Crippen LogP contribution in [0.1, 0.15) is 21.7 Å². The van der Waals surface area contributed by atoms with E-state index < -0.39 is 0 Å². The molecule has 0 aliphatic heterocycles. The standard InChI is InChI=1S/C18H18N4O2S2/c1-2-8-19-17-21-22-18(26-17)25-12-13-5-3-6-14(10-13)16(23)20-11-15-7-4-9-24-15/h2-7,9-10H,1,8,11-12H2,(H,19,21)(H,20,23). The number of rotatable bonds is 9. The van der Waals surface area contributed by atoms with Crippen LogP contribution in [0.25, 0.3) is 0 Å². The Bertz CT molecular complexity index is 862. The molecule has 3 aromatic rings. The van der Waals surface area contributed by atoms with E-state index in [0.717, 1.165) is 26.5 Å². The van der Waals surface area contributed by atoms with Gasteiger partial charge in [-0.1, -0.05) is 41.3 Å². The molecule has 2 aromatic heterocycles. The number of nitrogens with one attached hydrogen (secondary N) is 2. The third kappa shape index (κ3) is 5.21. The molecule has 0 fully saturated rings. The molecular weight excluding hydrogens is 368 g/mol. The number of nitrogens with zero attached hydrogens (tertiary/aromatic N) is 2. The fourth-order valence-corrected chi connectivity index (χ4v) is 3.83. The Kier molecular flexibility index (Phi) is 6.45. The third-order valence-corrected chi connectivity index (χ3v) is 5.44. The molecule has 0 aliphatic rings. The Hall–Kier alpha value is -2.58. The summed E-state index contributed by atoms with van der Waals surface area (Å²) in [5.41, 5.74) is 1.68. The first-order valence-corrected chi connectivity index (χ1v) is 9.75. The molecule has 0 bridgehead atoms. The molecule has 1 amide bonds. The second-order valence-electron chi connectivity index (χ2n) is 5.29. The quantitative estimate of drug-likeness (QED) is 0.428. The van der Waals surface area contributed by atoms with Gasteiger partial charge in [0.05, 0.1) is 12.8 Å². The summed E-state index contributed by atoms with van der Waals surface area (Å²) < 4.78 is 6.10. The highest BCUT2D eigenvalue weighted by Gasteiger charge is 2.09. The fourth-order valence-electron chi connectivity index (χ4n) is 2.13. The van der Waals surface area contributed by atoms with Crippen LogP contribution in [0.2, 0.25) is 0 Å². The zero-order chi connectivity index (χ0) is 18.2. The molecule has 0 saturated heterocycles. The highest BCUT2D eigenvalue weighted by atomic mass is 32.2. The van der Waals surface area contributed by atoms with Gasteiger partial charge >= 0.3 is 0 Å². The average Bonchev–Trinajstić information content (AvgIpc) is 3.35. The molecule has 2 N–H and O–H groups in total. The molecule has 0 radical (unpaired) electrons. The van der Waals surface area contributed by atoms with Gasteiger partial charge in [-0.15, -0.1) is 16.8 Å². The maximum atomic E-state index is 12.3. The third-order valence-electron chi connectivity index (χ3n) is 3.36. The summed E-state index contributed by atoms with van der Waals surface area (Å²) in [6, 6.07) is 11.2. The highest BCUT2D eigenvalue weighted by Crippen LogP contribution is 2.28. The minimum absolute atomic E-state index is 0.125.